The van der Waals surface area contributed by atoms with E-state index in [4.69, 9.17) is 11.6 Å². The molecule has 0 fully saturated rings. The molecule has 3 nitrogen and oxygen atoms in total. The number of hydrogen-bond donors (Lipinski definition) is 0. The van der Waals surface area contributed by atoms with Gasteiger partial charge in [0.05, 0.1) is 10.2 Å². The fourth-order valence-electron chi connectivity index (χ4n) is 0.846. The van der Waals surface area contributed by atoms with Crippen LogP contribution in [0.25, 0.3) is 0 Å². The van der Waals surface area contributed by atoms with Crippen molar-refractivity contribution in [1.82, 2.24) is 9.78 Å². The van der Waals surface area contributed by atoms with Crippen molar-refractivity contribution >= 4 is 32.8 Å². The van der Waals surface area contributed by atoms with Gasteiger partial charge in [-0.05, 0) is 34.5 Å². The van der Waals surface area contributed by atoms with Gasteiger partial charge in [0.15, 0.2) is 0 Å². The molecule has 0 aliphatic heterocycles. The van der Waals surface area contributed by atoms with E-state index < -0.39 is 5.24 Å². The first kappa shape index (κ1) is 8.74. The Morgan fingerprint density at radius 1 is 1.73 bits per heavy atom. The molecule has 0 bridgehead atoms. The summed E-state index contributed by atoms with van der Waals surface area (Å²) < 4.78 is 2.12. The second-order valence-corrected chi connectivity index (χ2v) is 3.28. The summed E-state index contributed by atoms with van der Waals surface area (Å²) in [7, 11) is 1.67. The van der Waals surface area contributed by atoms with Gasteiger partial charge in [-0.25, -0.2) is 0 Å². The number of halogens is 2. The third-order valence-corrected chi connectivity index (χ3v) is 2.46. The summed E-state index contributed by atoms with van der Waals surface area (Å²) in [6, 6.07) is 0. The number of aryl methyl sites for hydroxylation is 2. The van der Waals surface area contributed by atoms with E-state index in [2.05, 4.69) is 21.0 Å². The highest BCUT2D eigenvalue weighted by molar-refractivity contribution is 9.10. The number of nitrogens with zero attached hydrogens (tertiary/aromatic N) is 2. The van der Waals surface area contributed by atoms with Crippen molar-refractivity contribution in [3.05, 3.63) is 15.9 Å². The molecule has 0 aromatic carbocycles. The van der Waals surface area contributed by atoms with Crippen LogP contribution in [0.3, 0.4) is 0 Å². The molecule has 0 amide bonds. The topological polar surface area (TPSA) is 34.9 Å². The average molecular weight is 237 g/mol. The van der Waals surface area contributed by atoms with Gasteiger partial charge < -0.3 is 0 Å². The third kappa shape index (κ3) is 1.46. The zero-order valence-electron chi connectivity index (χ0n) is 6.06. The van der Waals surface area contributed by atoms with Crippen LogP contribution in [0.15, 0.2) is 4.47 Å². The summed E-state index contributed by atoms with van der Waals surface area (Å²) in [4.78, 5) is 10.8. The highest BCUT2D eigenvalue weighted by Gasteiger charge is 2.15. The van der Waals surface area contributed by atoms with Gasteiger partial charge in [-0.15, -0.1) is 0 Å². The van der Waals surface area contributed by atoms with Gasteiger partial charge in [-0.3, -0.25) is 9.48 Å². The zero-order chi connectivity index (χ0) is 8.59. The summed E-state index contributed by atoms with van der Waals surface area (Å²) in [5.74, 6) is 0. The second-order valence-electron chi connectivity index (χ2n) is 2.15. The lowest BCUT2D eigenvalue weighted by atomic mass is 10.4. The summed E-state index contributed by atoms with van der Waals surface area (Å²) in [6.07, 6.45) is 0. The van der Waals surface area contributed by atoms with Crippen molar-refractivity contribution < 1.29 is 4.79 Å². The quantitative estimate of drug-likeness (QED) is 0.699. The van der Waals surface area contributed by atoms with Gasteiger partial charge in [-0.2, -0.15) is 5.10 Å². The van der Waals surface area contributed by atoms with E-state index in [1.807, 2.05) is 0 Å². The van der Waals surface area contributed by atoms with Gasteiger partial charge in [-0.1, -0.05) is 0 Å². The molecule has 1 rings (SSSR count). The normalized spacial score (nSPS) is 10.2. The van der Waals surface area contributed by atoms with E-state index in [0.29, 0.717) is 10.2 Å². The smallest absolute Gasteiger partial charge is 0.271 e. The minimum Gasteiger partial charge on any atom is -0.274 e. The summed E-state index contributed by atoms with van der Waals surface area (Å²) in [6.45, 7) is 1.80. The molecular formula is C6H6BrClN2O. The zero-order valence-corrected chi connectivity index (χ0v) is 8.40. The molecule has 0 spiro atoms. The van der Waals surface area contributed by atoms with E-state index >= 15 is 0 Å². The standard InChI is InChI=1S/C6H6BrClN2O/c1-3-4(7)5(6(8)11)10(2)9-3/h1-2H3. The second kappa shape index (κ2) is 2.95. The molecular weight excluding hydrogens is 231 g/mol. The fraction of sp³-hybridized carbons (Fsp3) is 0.333. The highest BCUT2D eigenvalue weighted by Crippen LogP contribution is 2.21. The van der Waals surface area contributed by atoms with Crippen LogP contribution >= 0.6 is 27.5 Å². The van der Waals surface area contributed by atoms with Crippen LogP contribution in [0.1, 0.15) is 16.2 Å². The maximum Gasteiger partial charge on any atom is 0.271 e. The maximum atomic E-state index is 10.8. The molecule has 1 aromatic heterocycles. The van der Waals surface area contributed by atoms with E-state index in [0.717, 1.165) is 5.69 Å². The molecule has 5 heteroatoms. The first-order chi connectivity index (χ1) is 5.04. The van der Waals surface area contributed by atoms with Crippen molar-refractivity contribution in [2.45, 2.75) is 6.92 Å². The maximum absolute atomic E-state index is 10.8. The van der Waals surface area contributed by atoms with Gasteiger partial charge in [0.25, 0.3) is 5.24 Å². The fourth-order valence-corrected chi connectivity index (χ4v) is 1.69. The molecule has 1 heterocycles. The van der Waals surface area contributed by atoms with E-state index in [-0.39, 0.29) is 0 Å². The lowest BCUT2D eigenvalue weighted by Gasteiger charge is -1.92. The predicted molar refractivity (Wildman–Crippen MR) is 45.8 cm³/mol. The largest absolute Gasteiger partial charge is 0.274 e. The van der Waals surface area contributed by atoms with Crippen LogP contribution in [0.5, 0.6) is 0 Å². The van der Waals surface area contributed by atoms with Crippen LogP contribution in [-0.2, 0) is 7.05 Å². The number of carbonyl (C=O) groups is 1. The van der Waals surface area contributed by atoms with Crippen molar-refractivity contribution in [1.29, 1.82) is 0 Å². The van der Waals surface area contributed by atoms with Gasteiger partial charge >= 0.3 is 0 Å². The Kier molecular flexibility index (Phi) is 2.34. The highest BCUT2D eigenvalue weighted by atomic mass is 79.9. The van der Waals surface area contributed by atoms with Crippen molar-refractivity contribution in [2.75, 3.05) is 0 Å². The lowest BCUT2D eigenvalue weighted by Crippen LogP contribution is -2.01. The van der Waals surface area contributed by atoms with Crippen LogP contribution in [0.4, 0.5) is 0 Å². The molecule has 0 radical (unpaired) electrons. The van der Waals surface area contributed by atoms with Crippen molar-refractivity contribution in [3.63, 3.8) is 0 Å². The molecule has 0 unspecified atom stereocenters. The molecule has 60 valence electrons. The Morgan fingerprint density at radius 3 is 2.45 bits per heavy atom. The monoisotopic (exact) mass is 236 g/mol. The molecule has 1 aromatic rings. The summed E-state index contributed by atoms with van der Waals surface area (Å²) >= 11 is 8.51. The Hall–Kier alpha value is -0.350. The van der Waals surface area contributed by atoms with E-state index in [1.165, 1.54) is 4.68 Å². The van der Waals surface area contributed by atoms with Crippen LogP contribution in [-0.4, -0.2) is 15.0 Å². The number of carbonyl (C=O) groups excluding carboxylic acids is 1. The third-order valence-electron chi connectivity index (χ3n) is 1.34. The molecule has 0 atom stereocenters. The summed E-state index contributed by atoms with van der Waals surface area (Å²) in [5.41, 5.74) is 1.15. The van der Waals surface area contributed by atoms with Crippen molar-refractivity contribution in [3.8, 4) is 0 Å². The van der Waals surface area contributed by atoms with Gasteiger partial charge in [0.2, 0.25) is 0 Å². The van der Waals surface area contributed by atoms with E-state index in [1.54, 1.807) is 14.0 Å². The minimum atomic E-state index is -0.500. The number of rotatable bonds is 1. The molecule has 0 saturated heterocycles. The predicted octanol–water partition coefficient (Wildman–Crippen LogP) is 1.87. The lowest BCUT2D eigenvalue weighted by molar-refractivity contribution is 0.107. The molecule has 11 heavy (non-hydrogen) atoms. The Morgan fingerprint density at radius 2 is 2.27 bits per heavy atom. The minimum absolute atomic E-state index is 0.393. The number of aromatic nitrogens is 2. The average Bonchev–Trinajstić information content (AvgIpc) is 2.07. The molecule has 0 aliphatic carbocycles. The van der Waals surface area contributed by atoms with Crippen LogP contribution in [0.2, 0.25) is 0 Å². The van der Waals surface area contributed by atoms with Crippen molar-refractivity contribution in [2.24, 2.45) is 7.05 Å². The van der Waals surface area contributed by atoms with E-state index in [9.17, 15) is 4.79 Å². The number of hydrogen-bond acceptors (Lipinski definition) is 2. The van der Waals surface area contributed by atoms with Gasteiger partial charge in [0.1, 0.15) is 5.69 Å². The van der Waals surface area contributed by atoms with Crippen LogP contribution < -0.4 is 0 Å². The Balaban J connectivity index is 3.34. The molecule has 0 N–H and O–H groups in total. The first-order valence-electron chi connectivity index (χ1n) is 2.93. The van der Waals surface area contributed by atoms with Crippen LogP contribution in [0, 0.1) is 6.92 Å². The summed E-state index contributed by atoms with van der Waals surface area (Å²) in [5, 5.41) is 3.50. The Bertz CT molecular complexity index is 308. The van der Waals surface area contributed by atoms with Gasteiger partial charge in [0, 0.05) is 7.05 Å². The SMILES string of the molecule is Cc1nn(C)c(C(=O)Cl)c1Br. The molecule has 0 saturated carbocycles. The molecule has 0 aliphatic rings. The first-order valence-corrected chi connectivity index (χ1v) is 4.10. The Labute approximate surface area is 77.5 Å².